The van der Waals surface area contributed by atoms with Gasteiger partial charge in [-0.1, -0.05) is 36.4 Å². The zero-order chi connectivity index (χ0) is 23.3. The van der Waals surface area contributed by atoms with E-state index in [9.17, 15) is 0 Å². The van der Waals surface area contributed by atoms with Gasteiger partial charge in [0.15, 0.2) is 5.11 Å². The fourth-order valence-corrected chi connectivity index (χ4v) is 4.95. The van der Waals surface area contributed by atoms with Gasteiger partial charge in [0.1, 0.15) is 0 Å². The highest BCUT2D eigenvalue weighted by molar-refractivity contribution is 14.1. The Labute approximate surface area is 218 Å². The molecule has 34 heavy (non-hydrogen) atoms. The number of nitrogens with zero attached hydrogens (tertiary/aromatic N) is 2. The number of halogens is 1. The van der Waals surface area contributed by atoms with Crippen LogP contribution in [0.15, 0.2) is 79.0 Å². The van der Waals surface area contributed by atoms with Crippen LogP contribution in [0.1, 0.15) is 5.56 Å². The number of pyridine rings is 1. The van der Waals surface area contributed by atoms with Crippen molar-refractivity contribution in [2.45, 2.75) is 6.54 Å². The molecule has 0 atom stereocenters. The number of aromatic nitrogens is 1. The third-order valence-corrected chi connectivity index (χ3v) is 7.02. The van der Waals surface area contributed by atoms with Crippen molar-refractivity contribution in [2.75, 3.05) is 36.9 Å². The highest BCUT2D eigenvalue weighted by atomic mass is 127. The van der Waals surface area contributed by atoms with Crippen LogP contribution in [-0.2, 0) is 11.3 Å². The molecule has 0 bridgehead atoms. The molecule has 3 aromatic carbocycles. The Balaban J connectivity index is 1.27. The number of hydrogen-bond acceptors (Lipinski definition) is 4. The van der Waals surface area contributed by atoms with Crippen LogP contribution in [0, 0.1) is 3.57 Å². The average molecular weight is 580 g/mol. The van der Waals surface area contributed by atoms with Gasteiger partial charge in [-0.15, -0.1) is 0 Å². The lowest BCUT2D eigenvalue weighted by Gasteiger charge is -2.26. The second-order valence-corrected chi connectivity index (χ2v) is 9.81. The summed E-state index contributed by atoms with van der Waals surface area (Å²) in [5, 5.41) is 9.49. The smallest absolute Gasteiger partial charge is 0.175 e. The third-order valence-electron chi connectivity index (χ3n) is 5.87. The maximum Gasteiger partial charge on any atom is 0.175 e. The fraction of sp³-hybridized carbons (Fsp3) is 0.185. The highest BCUT2D eigenvalue weighted by Gasteiger charge is 2.12. The molecular weight excluding hydrogens is 555 g/mol. The van der Waals surface area contributed by atoms with Crippen LogP contribution in [0.2, 0.25) is 0 Å². The molecule has 0 radical (unpaired) electrons. The van der Waals surface area contributed by atoms with Gasteiger partial charge < -0.3 is 15.4 Å². The van der Waals surface area contributed by atoms with Crippen molar-refractivity contribution in [2.24, 2.45) is 0 Å². The zero-order valence-corrected chi connectivity index (χ0v) is 21.6. The van der Waals surface area contributed by atoms with Crippen molar-refractivity contribution in [3.8, 4) is 11.3 Å². The minimum absolute atomic E-state index is 0.555. The Morgan fingerprint density at radius 2 is 1.68 bits per heavy atom. The van der Waals surface area contributed by atoms with Gasteiger partial charge in [-0.2, -0.15) is 0 Å². The van der Waals surface area contributed by atoms with Crippen LogP contribution >= 0.6 is 34.8 Å². The van der Waals surface area contributed by atoms with E-state index in [2.05, 4.69) is 91.6 Å². The molecule has 0 spiro atoms. The molecule has 2 N–H and O–H groups in total. The summed E-state index contributed by atoms with van der Waals surface area (Å²) in [5.74, 6) is 0. The quantitative estimate of drug-likeness (QED) is 0.218. The second kappa shape index (κ2) is 10.8. The Morgan fingerprint density at radius 3 is 2.50 bits per heavy atom. The monoisotopic (exact) mass is 580 g/mol. The van der Waals surface area contributed by atoms with Crippen molar-refractivity contribution in [3.63, 3.8) is 0 Å². The molecule has 0 aliphatic carbocycles. The summed E-state index contributed by atoms with van der Waals surface area (Å²) in [6.45, 7) is 4.55. The number of benzene rings is 3. The number of rotatable bonds is 5. The Morgan fingerprint density at radius 1 is 0.941 bits per heavy atom. The van der Waals surface area contributed by atoms with Crippen molar-refractivity contribution in [1.82, 2.24) is 9.88 Å². The molecule has 1 aliphatic rings. The van der Waals surface area contributed by atoms with Crippen LogP contribution in [0.5, 0.6) is 0 Å². The number of nitrogens with one attached hydrogen (secondary N) is 2. The lowest BCUT2D eigenvalue weighted by molar-refractivity contribution is 0.0342. The summed E-state index contributed by atoms with van der Waals surface area (Å²) >= 11 is 7.95. The first kappa shape index (κ1) is 23.2. The van der Waals surface area contributed by atoms with E-state index < -0.39 is 0 Å². The topological polar surface area (TPSA) is 49.4 Å². The van der Waals surface area contributed by atoms with Gasteiger partial charge in [0.05, 0.1) is 18.9 Å². The molecule has 4 aromatic rings. The van der Waals surface area contributed by atoms with Crippen LogP contribution < -0.4 is 10.6 Å². The first-order chi connectivity index (χ1) is 16.7. The first-order valence-corrected chi connectivity index (χ1v) is 12.8. The molecule has 7 heteroatoms. The van der Waals surface area contributed by atoms with Crippen molar-refractivity contribution in [3.05, 3.63) is 88.1 Å². The maximum absolute atomic E-state index is 5.59. The summed E-state index contributed by atoms with van der Waals surface area (Å²) in [6, 6.07) is 25.0. The molecule has 0 amide bonds. The number of anilines is 2. The van der Waals surface area contributed by atoms with Crippen LogP contribution in [0.3, 0.4) is 0 Å². The number of morpholine rings is 1. The van der Waals surface area contributed by atoms with E-state index in [0.29, 0.717) is 5.11 Å². The molecule has 1 fully saturated rings. The molecular formula is C27H25IN4OS. The number of ether oxygens (including phenoxy) is 1. The molecule has 172 valence electrons. The standard InChI is InChI=1S/C27H25IN4OS/c28-25-10-9-22(17-24(25)26-23-4-2-1-3-20(23)11-12-29-26)31-27(34)30-21-7-5-19(6-8-21)18-32-13-15-33-16-14-32/h1-12,17H,13-16,18H2,(H2,30,31,34). The molecule has 5 nitrogen and oxygen atoms in total. The van der Waals surface area contributed by atoms with E-state index in [1.54, 1.807) is 0 Å². The van der Waals surface area contributed by atoms with Crippen molar-refractivity contribution in [1.29, 1.82) is 0 Å². The molecule has 0 saturated carbocycles. The lowest BCUT2D eigenvalue weighted by atomic mass is 10.0. The van der Waals surface area contributed by atoms with Gasteiger partial charge in [-0.05, 0) is 82.2 Å². The minimum atomic E-state index is 0.555. The largest absolute Gasteiger partial charge is 0.379 e. The molecule has 5 rings (SSSR count). The van der Waals surface area contributed by atoms with E-state index in [0.717, 1.165) is 64.4 Å². The van der Waals surface area contributed by atoms with Gasteiger partial charge >= 0.3 is 0 Å². The fourth-order valence-electron chi connectivity index (χ4n) is 4.12. The molecule has 1 saturated heterocycles. The van der Waals surface area contributed by atoms with Gasteiger partial charge in [0.2, 0.25) is 0 Å². The summed E-state index contributed by atoms with van der Waals surface area (Å²) in [6.07, 6.45) is 1.86. The molecule has 2 heterocycles. The van der Waals surface area contributed by atoms with E-state index in [4.69, 9.17) is 17.0 Å². The highest BCUT2D eigenvalue weighted by Crippen LogP contribution is 2.32. The van der Waals surface area contributed by atoms with Crippen molar-refractivity contribution >= 4 is 62.1 Å². The second-order valence-electron chi connectivity index (χ2n) is 8.24. The normalized spacial score (nSPS) is 14.1. The van der Waals surface area contributed by atoms with E-state index in [-0.39, 0.29) is 0 Å². The lowest BCUT2D eigenvalue weighted by Crippen LogP contribution is -2.35. The summed E-state index contributed by atoms with van der Waals surface area (Å²) in [7, 11) is 0. The zero-order valence-electron chi connectivity index (χ0n) is 18.6. The average Bonchev–Trinajstić information content (AvgIpc) is 2.87. The predicted octanol–water partition coefficient (Wildman–Crippen LogP) is 6.15. The number of hydrogen-bond donors (Lipinski definition) is 2. The summed E-state index contributed by atoms with van der Waals surface area (Å²) in [4.78, 5) is 7.10. The van der Waals surface area contributed by atoms with Gasteiger partial charge in [-0.25, -0.2) is 0 Å². The van der Waals surface area contributed by atoms with Gasteiger partial charge in [0, 0.05) is 51.7 Å². The summed E-state index contributed by atoms with van der Waals surface area (Å²) in [5.41, 5.74) is 5.23. The summed E-state index contributed by atoms with van der Waals surface area (Å²) < 4.78 is 6.57. The third kappa shape index (κ3) is 5.55. The molecule has 1 aromatic heterocycles. The van der Waals surface area contributed by atoms with Crippen LogP contribution in [-0.4, -0.2) is 41.3 Å². The Hall–Kier alpha value is -2.59. The SMILES string of the molecule is S=C(Nc1ccc(CN2CCOCC2)cc1)Nc1ccc(I)c(-c2nccc3ccccc23)c1. The predicted molar refractivity (Wildman–Crippen MR) is 152 cm³/mol. The van der Waals surface area contributed by atoms with Crippen LogP contribution in [0.4, 0.5) is 11.4 Å². The Bertz CT molecular complexity index is 1300. The van der Waals surface area contributed by atoms with E-state index in [1.807, 2.05) is 30.5 Å². The molecule has 1 aliphatic heterocycles. The van der Waals surface area contributed by atoms with Crippen LogP contribution in [0.25, 0.3) is 22.0 Å². The van der Waals surface area contributed by atoms with Crippen molar-refractivity contribution < 1.29 is 4.74 Å². The molecule has 0 unspecified atom stereocenters. The Kier molecular flexibility index (Phi) is 7.34. The first-order valence-electron chi connectivity index (χ1n) is 11.3. The van der Waals surface area contributed by atoms with E-state index >= 15 is 0 Å². The number of thiocarbonyl (C=S) groups is 1. The van der Waals surface area contributed by atoms with Gasteiger partial charge in [-0.3, -0.25) is 9.88 Å². The van der Waals surface area contributed by atoms with Gasteiger partial charge in [0.25, 0.3) is 0 Å². The maximum atomic E-state index is 5.59. The van der Waals surface area contributed by atoms with E-state index in [1.165, 1.54) is 10.9 Å². The number of fused-ring (bicyclic) bond motifs is 1. The minimum Gasteiger partial charge on any atom is -0.379 e.